The highest BCUT2D eigenvalue weighted by Crippen LogP contribution is 2.33. The number of hydrogen-bond acceptors (Lipinski definition) is 2. The van der Waals surface area contributed by atoms with Gasteiger partial charge in [-0.2, -0.15) is 0 Å². The molecule has 1 heterocycles. The Morgan fingerprint density at radius 3 is 2.30 bits per heavy atom. The molecule has 0 unspecified atom stereocenters. The molecule has 0 saturated carbocycles. The van der Waals surface area contributed by atoms with Gasteiger partial charge in [-0.1, -0.05) is 42.2 Å². The first-order valence-electron chi connectivity index (χ1n) is 8.19. The van der Waals surface area contributed by atoms with Crippen molar-refractivity contribution in [2.45, 2.75) is 0 Å². The summed E-state index contributed by atoms with van der Waals surface area (Å²) >= 11 is 0. The summed E-state index contributed by atoms with van der Waals surface area (Å²) < 4.78 is 32.8. The number of carbonyl (C=O) groups is 1. The molecule has 0 atom stereocenters. The molecular formula is C23H12F2O2. The van der Waals surface area contributed by atoms with E-state index < -0.39 is 11.6 Å². The third kappa shape index (κ3) is 3.36. The van der Waals surface area contributed by atoms with Gasteiger partial charge in [-0.3, -0.25) is 4.79 Å². The van der Waals surface area contributed by atoms with Gasteiger partial charge in [0.1, 0.15) is 23.5 Å². The second kappa shape index (κ2) is 6.89. The van der Waals surface area contributed by atoms with E-state index in [0.717, 1.165) is 30.0 Å². The molecule has 4 heteroatoms. The molecule has 0 saturated heterocycles. The third-order valence-electron chi connectivity index (χ3n) is 4.08. The van der Waals surface area contributed by atoms with E-state index in [0.29, 0.717) is 27.9 Å². The van der Waals surface area contributed by atoms with Crippen LogP contribution >= 0.6 is 0 Å². The largest absolute Gasteiger partial charge is 0.455 e. The minimum Gasteiger partial charge on any atom is -0.455 e. The Labute approximate surface area is 154 Å². The molecule has 0 radical (unpaired) electrons. The predicted molar refractivity (Wildman–Crippen MR) is 99.4 cm³/mol. The normalized spacial score (nSPS) is 10.4. The van der Waals surface area contributed by atoms with Gasteiger partial charge in [0.15, 0.2) is 5.76 Å². The summed E-state index contributed by atoms with van der Waals surface area (Å²) in [5.41, 5.74) is 2.66. The van der Waals surface area contributed by atoms with Crippen LogP contribution in [0, 0.1) is 23.5 Å². The van der Waals surface area contributed by atoms with E-state index in [1.165, 1.54) is 0 Å². The lowest BCUT2D eigenvalue weighted by atomic mass is 10.0. The van der Waals surface area contributed by atoms with Crippen molar-refractivity contribution in [2.24, 2.45) is 0 Å². The Bertz CT molecular complexity index is 1190. The van der Waals surface area contributed by atoms with Gasteiger partial charge in [-0.05, 0) is 30.3 Å². The highest BCUT2D eigenvalue weighted by molar-refractivity contribution is 5.94. The van der Waals surface area contributed by atoms with Crippen LogP contribution in [0.2, 0.25) is 0 Å². The fraction of sp³-hybridized carbons (Fsp3) is 0. The van der Waals surface area contributed by atoms with Crippen LogP contribution in [0.5, 0.6) is 0 Å². The van der Waals surface area contributed by atoms with Gasteiger partial charge in [0.2, 0.25) is 0 Å². The molecule has 0 fully saturated rings. The molecule has 2 nitrogen and oxygen atoms in total. The van der Waals surface area contributed by atoms with E-state index >= 15 is 0 Å². The molecule has 0 N–H and O–H groups in total. The van der Waals surface area contributed by atoms with E-state index in [1.807, 2.05) is 30.3 Å². The molecule has 0 amide bonds. The van der Waals surface area contributed by atoms with Crippen molar-refractivity contribution in [2.75, 3.05) is 0 Å². The van der Waals surface area contributed by atoms with Crippen LogP contribution in [0.1, 0.15) is 21.5 Å². The lowest BCUT2D eigenvalue weighted by Gasteiger charge is -1.97. The number of aldehydes is 1. The lowest BCUT2D eigenvalue weighted by Crippen LogP contribution is -1.84. The van der Waals surface area contributed by atoms with Crippen LogP contribution in [0.25, 0.3) is 22.3 Å². The average Bonchev–Trinajstić information content (AvgIpc) is 3.04. The minimum atomic E-state index is -0.692. The highest BCUT2D eigenvalue weighted by atomic mass is 19.1. The number of furan rings is 1. The summed E-state index contributed by atoms with van der Waals surface area (Å²) in [7, 11) is 0. The van der Waals surface area contributed by atoms with E-state index in [9.17, 15) is 13.6 Å². The second-order valence-electron chi connectivity index (χ2n) is 5.95. The number of rotatable bonds is 2. The first kappa shape index (κ1) is 16.7. The second-order valence-corrected chi connectivity index (χ2v) is 5.95. The Balaban J connectivity index is 1.94. The van der Waals surface area contributed by atoms with Crippen LogP contribution < -0.4 is 0 Å². The molecule has 3 aromatic carbocycles. The maximum Gasteiger partial charge on any atom is 0.151 e. The van der Waals surface area contributed by atoms with Gasteiger partial charge in [-0.15, -0.1) is 0 Å². The average molecular weight is 358 g/mol. The van der Waals surface area contributed by atoms with E-state index in [1.54, 1.807) is 18.2 Å². The van der Waals surface area contributed by atoms with Crippen LogP contribution in [0.3, 0.4) is 0 Å². The van der Waals surface area contributed by atoms with Crippen molar-refractivity contribution >= 4 is 17.3 Å². The van der Waals surface area contributed by atoms with Gasteiger partial charge in [0, 0.05) is 28.1 Å². The zero-order valence-electron chi connectivity index (χ0n) is 14.0. The summed E-state index contributed by atoms with van der Waals surface area (Å²) in [6.45, 7) is 0. The molecule has 4 rings (SSSR count). The maximum absolute atomic E-state index is 13.4. The molecule has 4 aromatic rings. The Kier molecular flexibility index (Phi) is 4.27. The van der Waals surface area contributed by atoms with Gasteiger partial charge in [-0.25, -0.2) is 8.78 Å². The molecule has 130 valence electrons. The molecule has 27 heavy (non-hydrogen) atoms. The van der Waals surface area contributed by atoms with Crippen LogP contribution in [0.15, 0.2) is 71.1 Å². The first-order valence-corrected chi connectivity index (χ1v) is 8.19. The van der Waals surface area contributed by atoms with Crippen molar-refractivity contribution in [1.82, 2.24) is 0 Å². The topological polar surface area (TPSA) is 30.2 Å². The summed E-state index contributed by atoms with van der Waals surface area (Å²) in [6, 6.07) is 17.6. The molecule has 1 aromatic heterocycles. The standard InChI is InChI=1S/C23H12F2O2/c24-18-10-15(11-19(25)13-18)6-8-20-21-12-16(14-26)7-9-22(21)27-23(20)17-4-2-1-3-5-17/h1-5,7,9-14H. The fourth-order valence-electron chi connectivity index (χ4n) is 2.87. The molecular weight excluding hydrogens is 346 g/mol. The van der Waals surface area contributed by atoms with Crippen molar-refractivity contribution < 1.29 is 18.0 Å². The number of carbonyl (C=O) groups excluding carboxylic acids is 1. The summed E-state index contributed by atoms with van der Waals surface area (Å²) in [5.74, 6) is 4.91. The number of fused-ring (bicyclic) bond motifs is 1. The number of hydrogen-bond donors (Lipinski definition) is 0. The van der Waals surface area contributed by atoms with Gasteiger partial charge < -0.3 is 4.42 Å². The Morgan fingerprint density at radius 1 is 0.852 bits per heavy atom. The van der Waals surface area contributed by atoms with E-state index in [2.05, 4.69) is 11.8 Å². The number of halogens is 2. The first-order chi connectivity index (χ1) is 13.1. The van der Waals surface area contributed by atoms with Crippen molar-refractivity contribution in [3.63, 3.8) is 0 Å². The monoisotopic (exact) mass is 358 g/mol. The lowest BCUT2D eigenvalue weighted by molar-refractivity contribution is 0.112. The SMILES string of the molecule is O=Cc1ccc2oc(-c3ccccc3)c(C#Cc3cc(F)cc(F)c3)c2c1. The maximum atomic E-state index is 13.4. The molecule has 0 aliphatic rings. The zero-order valence-corrected chi connectivity index (χ0v) is 14.0. The smallest absolute Gasteiger partial charge is 0.151 e. The summed E-state index contributed by atoms with van der Waals surface area (Å²) in [4.78, 5) is 11.1. The summed E-state index contributed by atoms with van der Waals surface area (Å²) in [5, 5.41) is 0.669. The highest BCUT2D eigenvalue weighted by Gasteiger charge is 2.15. The Hall–Kier alpha value is -3.71. The van der Waals surface area contributed by atoms with Crippen LogP contribution in [-0.2, 0) is 0 Å². The van der Waals surface area contributed by atoms with Gasteiger partial charge in [0.25, 0.3) is 0 Å². The van der Waals surface area contributed by atoms with Crippen molar-refractivity contribution in [1.29, 1.82) is 0 Å². The molecule has 0 spiro atoms. The third-order valence-corrected chi connectivity index (χ3v) is 4.08. The van der Waals surface area contributed by atoms with Crippen molar-refractivity contribution in [3.05, 3.63) is 95.1 Å². The molecule has 0 aliphatic carbocycles. The minimum absolute atomic E-state index is 0.215. The fourth-order valence-corrected chi connectivity index (χ4v) is 2.87. The number of benzene rings is 3. The molecule has 0 bridgehead atoms. The predicted octanol–water partition coefficient (Wildman–Crippen LogP) is 5.59. The van der Waals surface area contributed by atoms with Crippen LogP contribution in [-0.4, -0.2) is 6.29 Å². The van der Waals surface area contributed by atoms with Crippen molar-refractivity contribution in [3.8, 4) is 23.2 Å². The van der Waals surface area contributed by atoms with Gasteiger partial charge >= 0.3 is 0 Å². The Morgan fingerprint density at radius 2 is 1.59 bits per heavy atom. The van der Waals surface area contributed by atoms with Gasteiger partial charge in [0.05, 0.1) is 5.56 Å². The van der Waals surface area contributed by atoms with E-state index in [-0.39, 0.29) is 5.56 Å². The van der Waals surface area contributed by atoms with E-state index in [4.69, 9.17) is 4.42 Å². The molecule has 0 aliphatic heterocycles. The van der Waals surface area contributed by atoms with Crippen LogP contribution in [0.4, 0.5) is 8.78 Å². The summed E-state index contributed by atoms with van der Waals surface area (Å²) in [6.07, 6.45) is 0.744. The zero-order chi connectivity index (χ0) is 18.8. The quantitative estimate of drug-likeness (QED) is 0.345.